The fourth-order valence-corrected chi connectivity index (χ4v) is 3.38. The van der Waals surface area contributed by atoms with Gasteiger partial charge in [-0.05, 0) is 31.7 Å². The average Bonchev–Trinajstić information content (AvgIpc) is 3.25. The van der Waals surface area contributed by atoms with E-state index in [4.69, 9.17) is 0 Å². The molecule has 1 saturated carbocycles. The number of rotatable bonds is 5. The van der Waals surface area contributed by atoms with E-state index in [1.54, 1.807) is 6.20 Å². The number of benzene rings is 1. The summed E-state index contributed by atoms with van der Waals surface area (Å²) in [4.78, 5) is 17.6. The standard InChI is InChI=1S/C17H20N2OS/c1-3-17(2,13-7-5-4-6-8-13)19-15(20)14-11-18-16(21-14)12-9-10-12/h4-8,11-12H,3,9-10H2,1-2H3,(H,19,20). The molecule has 0 radical (unpaired) electrons. The van der Waals surface area contributed by atoms with Crippen LogP contribution in [0.5, 0.6) is 0 Å². The van der Waals surface area contributed by atoms with E-state index in [0.29, 0.717) is 10.8 Å². The summed E-state index contributed by atoms with van der Waals surface area (Å²) in [6.45, 7) is 4.17. The number of hydrogen-bond acceptors (Lipinski definition) is 3. The van der Waals surface area contributed by atoms with Crippen LogP contribution in [0.3, 0.4) is 0 Å². The van der Waals surface area contributed by atoms with E-state index in [-0.39, 0.29) is 11.4 Å². The number of carbonyl (C=O) groups excluding carboxylic acids is 1. The first kappa shape index (κ1) is 14.3. The molecule has 1 atom stereocenters. The van der Waals surface area contributed by atoms with Gasteiger partial charge >= 0.3 is 0 Å². The van der Waals surface area contributed by atoms with Gasteiger partial charge in [0.15, 0.2) is 0 Å². The number of nitrogens with zero attached hydrogens (tertiary/aromatic N) is 1. The Bertz CT molecular complexity index is 633. The molecule has 1 amide bonds. The van der Waals surface area contributed by atoms with E-state index in [1.807, 2.05) is 18.2 Å². The molecular weight excluding hydrogens is 280 g/mol. The van der Waals surface area contributed by atoms with Crippen LogP contribution in [0.1, 0.15) is 59.3 Å². The largest absolute Gasteiger partial charge is 0.342 e. The van der Waals surface area contributed by atoms with Gasteiger partial charge in [-0.1, -0.05) is 37.3 Å². The number of hydrogen-bond donors (Lipinski definition) is 1. The monoisotopic (exact) mass is 300 g/mol. The van der Waals surface area contributed by atoms with Gasteiger partial charge < -0.3 is 5.32 Å². The normalized spacial score (nSPS) is 17.2. The lowest BCUT2D eigenvalue weighted by Gasteiger charge is -2.30. The average molecular weight is 300 g/mol. The molecule has 1 fully saturated rings. The lowest BCUT2D eigenvalue weighted by Crippen LogP contribution is -2.42. The quantitative estimate of drug-likeness (QED) is 0.904. The Balaban J connectivity index is 1.77. The summed E-state index contributed by atoms with van der Waals surface area (Å²) in [7, 11) is 0. The molecule has 3 nitrogen and oxygen atoms in total. The smallest absolute Gasteiger partial charge is 0.263 e. The summed E-state index contributed by atoms with van der Waals surface area (Å²) in [5.41, 5.74) is 0.787. The van der Waals surface area contributed by atoms with Gasteiger partial charge in [0.1, 0.15) is 4.88 Å². The maximum absolute atomic E-state index is 12.5. The van der Waals surface area contributed by atoms with Crippen molar-refractivity contribution in [1.82, 2.24) is 10.3 Å². The van der Waals surface area contributed by atoms with Gasteiger partial charge in [-0.3, -0.25) is 4.79 Å². The lowest BCUT2D eigenvalue weighted by atomic mass is 9.89. The zero-order valence-electron chi connectivity index (χ0n) is 12.4. The van der Waals surface area contributed by atoms with Gasteiger partial charge in [0.25, 0.3) is 5.91 Å². The fourth-order valence-electron chi connectivity index (χ4n) is 2.39. The number of carbonyl (C=O) groups is 1. The highest BCUT2D eigenvalue weighted by Gasteiger charge is 2.30. The Labute approximate surface area is 129 Å². The van der Waals surface area contributed by atoms with E-state index in [2.05, 4.69) is 36.3 Å². The molecule has 1 N–H and O–H groups in total. The highest BCUT2D eigenvalue weighted by Crippen LogP contribution is 2.41. The van der Waals surface area contributed by atoms with Crippen molar-refractivity contribution < 1.29 is 4.79 Å². The molecule has 1 aliphatic rings. The first-order chi connectivity index (χ1) is 10.1. The van der Waals surface area contributed by atoms with Gasteiger partial charge in [-0.2, -0.15) is 0 Å². The predicted octanol–water partition coefficient (Wildman–Crippen LogP) is 4.08. The minimum atomic E-state index is -0.345. The van der Waals surface area contributed by atoms with Crippen LogP contribution < -0.4 is 5.32 Å². The van der Waals surface area contributed by atoms with Crippen LogP contribution in [0.4, 0.5) is 0 Å². The van der Waals surface area contributed by atoms with Crippen molar-refractivity contribution in [3.05, 3.63) is 52.0 Å². The Morgan fingerprint density at radius 3 is 2.71 bits per heavy atom. The minimum absolute atomic E-state index is 0.0207. The number of nitrogens with one attached hydrogen (secondary N) is 1. The molecule has 0 spiro atoms. The second-order valence-electron chi connectivity index (χ2n) is 5.84. The Morgan fingerprint density at radius 2 is 2.10 bits per heavy atom. The van der Waals surface area contributed by atoms with Crippen LogP contribution >= 0.6 is 11.3 Å². The predicted molar refractivity (Wildman–Crippen MR) is 85.6 cm³/mol. The SMILES string of the molecule is CCC(C)(NC(=O)c1cnc(C2CC2)s1)c1ccccc1. The van der Waals surface area contributed by atoms with Crippen LogP contribution in [0.15, 0.2) is 36.5 Å². The molecule has 110 valence electrons. The van der Waals surface area contributed by atoms with E-state index in [1.165, 1.54) is 24.2 Å². The van der Waals surface area contributed by atoms with Crippen LogP contribution in [0.25, 0.3) is 0 Å². The van der Waals surface area contributed by atoms with Crippen molar-refractivity contribution in [2.45, 2.75) is 44.6 Å². The number of aromatic nitrogens is 1. The Hall–Kier alpha value is -1.68. The molecule has 1 aromatic carbocycles. The van der Waals surface area contributed by atoms with Gasteiger partial charge in [0.05, 0.1) is 16.7 Å². The third kappa shape index (κ3) is 3.00. The third-order valence-corrected chi connectivity index (χ3v) is 5.34. The molecule has 3 rings (SSSR count). The van der Waals surface area contributed by atoms with Crippen LogP contribution in [-0.2, 0) is 5.54 Å². The maximum Gasteiger partial charge on any atom is 0.263 e. The summed E-state index contributed by atoms with van der Waals surface area (Å²) in [5.74, 6) is 0.579. The topological polar surface area (TPSA) is 42.0 Å². The molecule has 0 bridgehead atoms. The van der Waals surface area contributed by atoms with E-state index >= 15 is 0 Å². The van der Waals surface area contributed by atoms with Gasteiger partial charge in [-0.15, -0.1) is 11.3 Å². The molecule has 1 aliphatic carbocycles. The second-order valence-corrected chi connectivity index (χ2v) is 6.91. The van der Waals surface area contributed by atoms with Crippen LogP contribution in [-0.4, -0.2) is 10.9 Å². The third-order valence-electron chi connectivity index (χ3n) is 4.18. The summed E-state index contributed by atoms with van der Waals surface area (Å²) in [6.07, 6.45) is 4.99. The van der Waals surface area contributed by atoms with Crippen molar-refractivity contribution in [1.29, 1.82) is 0 Å². The van der Waals surface area contributed by atoms with E-state index in [9.17, 15) is 4.79 Å². The fraction of sp³-hybridized carbons (Fsp3) is 0.412. The molecule has 1 unspecified atom stereocenters. The van der Waals surface area contributed by atoms with Crippen LogP contribution in [0.2, 0.25) is 0 Å². The molecule has 21 heavy (non-hydrogen) atoms. The molecule has 0 saturated heterocycles. The number of amides is 1. The van der Waals surface area contributed by atoms with Gasteiger partial charge in [-0.25, -0.2) is 4.98 Å². The first-order valence-electron chi connectivity index (χ1n) is 7.46. The maximum atomic E-state index is 12.5. The first-order valence-corrected chi connectivity index (χ1v) is 8.28. The second kappa shape index (κ2) is 5.60. The van der Waals surface area contributed by atoms with Crippen molar-refractivity contribution in [3.63, 3.8) is 0 Å². The highest BCUT2D eigenvalue weighted by atomic mass is 32.1. The summed E-state index contributed by atoms with van der Waals surface area (Å²) < 4.78 is 0. The van der Waals surface area contributed by atoms with Crippen molar-refractivity contribution >= 4 is 17.2 Å². The van der Waals surface area contributed by atoms with E-state index < -0.39 is 0 Å². The molecule has 1 heterocycles. The molecule has 0 aliphatic heterocycles. The van der Waals surface area contributed by atoms with Gasteiger partial charge in [0.2, 0.25) is 0 Å². The zero-order valence-corrected chi connectivity index (χ0v) is 13.2. The van der Waals surface area contributed by atoms with Gasteiger partial charge in [0, 0.05) is 5.92 Å². The van der Waals surface area contributed by atoms with Crippen molar-refractivity contribution in [3.8, 4) is 0 Å². The van der Waals surface area contributed by atoms with Crippen molar-refractivity contribution in [2.75, 3.05) is 0 Å². The minimum Gasteiger partial charge on any atom is -0.342 e. The summed E-state index contributed by atoms with van der Waals surface area (Å²) >= 11 is 1.53. The number of thiazole rings is 1. The molecule has 2 aromatic rings. The van der Waals surface area contributed by atoms with E-state index in [0.717, 1.165) is 17.0 Å². The molecular formula is C17H20N2OS. The molecule has 1 aromatic heterocycles. The lowest BCUT2D eigenvalue weighted by molar-refractivity contribution is 0.0906. The Kier molecular flexibility index (Phi) is 3.81. The van der Waals surface area contributed by atoms with Crippen LogP contribution in [0, 0.1) is 0 Å². The summed E-state index contributed by atoms with van der Waals surface area (Å²) in [5, 5.41) is 4.29. The highest BCUT2D eigenvalue weighted by molar-refractivity contribution is 7.13. The Morgan fingerprint density at radius 1 is 1.38 bits per heavy atom. The zero-order chi connectivity index (χ0) is 14.9. The summed E-state index contributed by atoms with van der Waals surface area (Å²) in [6, 6.07) is 10.1. The van der Waals surface area contributed by atoms with Crippen molar-refractivity contribution in [2.24, 2.45) is 0 Å². The molecule has 4 heteroatoms.